The molecule has 0 fully saturated rings. The molecule has 0 saturated carbocycles. The van der Waals surface area contributed by atoms with E-state index in [0.29, 0.717) is 28.7 Å². The average Bonchev–Trinajstić information content (AvgIpc) is 3.15. The van der Waals surface area contributed by atoms with Crippen LogP contribution in [0.1, 0.15) is 27.8 Å². The van der Waals surface area contributed by atoms with Crippen molar-refractivity contribution in [1.29, 1.82) is 0 Å². The fourth-order valence-corrected chi connectivity index (χ4v) is 3.34. The third-order valence-electron chi connectivity index (χ3n) is 5.05. The summed E-state index contributed by atoms with van der Waals surface area (Å²) in [7, 11) is 1.58. The molecule has 4 rings (SSSR count). The highest BCUT2D eigenvalue weighted by molar-refractivity contribution is 6.31. The third kappa shape index (κ3) is 4.84. The first kappa shape index (κ1) is 21.7. The Bertz CT molecular complexity index is 1230. The second-order valence-corrected chi connectivity index (χ2v) is 7.89. The van der Waals surface area contributed by atoms with Gasteiger partial charge in [-0.05, 0) is 60.9 Å². The Kier molecular flexibility index (Phi) is 6.28. The molecule has 0 amide bonds. The van der Waals surface area contributed by atoms with Crippen LogP contribution in [0.25, 0.3) is 6.08 Å². The maximum atomic E-state index is 12.3. The van der Waals surface area contributed by atoms with E-state index in [4.69, 9.17) is 25.8 Å². The third-order valence-corrected chi connectivity index (χ3v) is 5.45. The minimum Gasteiger partial charge on any atom is -0.493 e. The van der Waals surface area contributed by atoms with Gasteiger partial charge in [-0.15, -0.1) is 0 Å². The van der Waals surface area contributed by atoms with E-state index in [0.717, 1.165) is 16.7 Å². The predicted molar refractivity (Wildman–Crippen MR) is 125 cm³/mol. The van der Waals surface area contributed by atoms with Gasteiger partial charge in [0.05, 0.1) is 7.11 Å². The number of carbonyl (C=O) groups is 1. The Morgan fingerprint density at radius 3 is 2.50 bits per heavy atom. The van der Waals surface area contributed by atoms with Crippen molar-refractivity contribution in [3.8, 4) is 11.5 Å². The number of halogens is 1. The summed E-state index contributed by atoms with van der Waals surface area (Å²) in [5, 5.41) is 0.588. The lowest BCUT2D eigenvalue weighted by atomic mass is 10.1. The molecule has 0 N–H and O–H groups in total. The fourth-order valence-electron chi connectivity index (χ4n) is 3.15. The van der Waals surface area contributed by atoms with Gasteiger partial charge in [0.25, 0.3) is 0 Å². The van der Waals surface area contributed by atoms with Gasteiger partial charge in [-0.3, -0.25) is 0 Å². The summed E-state index contributed by atoms with van der Waals surface area (Å²) in [4.78, 5) is 16.7. The van der Waals surface area contributed by atoms with Crippen molar-refractivity contribution in [2.24, 2.45) is 4.99 Å². The topological polar surface area (TPSA) is 57.1 Å². The van der Waals surface area contributed by atoms with Gasteiger partial charge in [-0.25, -0.2) is 9.79 Å². The van der Waals surface area contributed by atoms with Gasteiger partial charge in [0, 0.05) is 10.6 Å². The highest BCUT2D eigenvalue weighted by Gasteiger charge is 2.24. The van der Waals surface area contributed by atoms with E-state index in [9.17, 15) is 4.79 Å². The highest BCUT2D eigenvalue weighted by atomic mass is 35.5. The van der Waals surface area contributed by atoms with Crippen LogP contribution in [0.4, 0.5) is 0 Å². The molecule has 1 aliphatic rings. The van der Waals surface area contributed by atoms with E-state index in [1.165, 1.54) is 5.56 Å². The Morgan fingerprint density at radius 2 is 1.78 bits per heavy atom. The van der Waals surface area contributed by atoms with Crippen LogP contribution in [-0.4, -0.2) is 19.0 Å². The SMILES string of the molecule is COc1cc(C=C2N=C(c3ccc(C)c(Cl)c3)OC2=O)ccc1OCc1ccc(C)cc1. The molecule has 0 aliphatic carbocycles. The largest absolute Gasteiger partial charge is 0.493 e. The summed E-state index contributed by atoms with van der Waals surface area (Å²) in [5.74, 6) is 0.888. The Labute approximate surface area is 191 Å². The van der Waals surface area contributed by atoms with Gasteiger partial charge in [0.15, 0.2) is 17.2 Å². The van der Waals surface area contributed by atoms with Gasteiger partial charge < -0.3 is 14.2 Å². The van der Waals surface area contributed by atoms with Crippen LogP contribution in [0.2, 0.25) is 5.02 Å². The van der Waals surface area contributed by atoms with Crippen LogP contribution in [0.5, 0.6) is 11.5 Å². The molecule has 32 heavy (non-hydrogen) atoms. The zero-order valence-electron chi connectivity index (χ0n) is 18.0. The molecule has 1 heterocycles. The number of hydrogen-bond donors (Lipinski definition) is 0. The number of carbonyl (C=O) groups excluding carboxylic acids is 1. The standard InChI is InChI=1S/C26H22ClNO4/c1-16-4-7-18(8-5-16)15-31-23-11-9-19(13-24(23)30-3)12-22-26(29)32-25(28-22)20-10-6-17(2)21(27)14-20/h4-14H,15H2,1-3H3. The van der Waals surface area contributed by atoms with Gasteiger partial charge >= 0.3 is 5.97 Å². The van der Waals surface area contributed by atoms with Crippen LogP contribution >= 0.6 is 11.6 Å². The second kappa shape index (κ2) is 9.28. The molecule has 162 valence electrons. The molecule has 3 aromatic rings. The van der Waals surface area contributed by atoms with E-state index < -0.39 is 5.97 Å². The molecule has 0 atom stereocenters. The molecular weight excluding hydrogens is 426 g/mol. The molecule has 0 bridgehead atoms. The Morgan fingerprint density at radius 1 is 1.00 bits per heavy atom. The zero-order chi connectivity index (χ0) is 22.7. The minimum atomic E-state index is -0.518. The number of cyclic esters (lactones) is 1. The lowest BCUT2D eigenvalue weighted by molar-refractivity contribution is -0.129. The van der Waals surface area contributed by atoms with Gasteiger partial charge in [0.2, 0.25) is 5.90 Å². The van der Waals surface area contributed by atoms with Crippen molar-refractivity contribution in [2.75, 3.05) is 7.11 Å². The van der Waals surface area contributed by atoms with Crippen LogP contribution in [0.15, 0.2) is 71.4 Å². The first-order valence-corrected chi connectivity index (χ1v) is 10.5. The summed E-state index contributed by atoms with van der Waals surface area (Å²) < 4.78 is 16.7. The molecular formula is C26H22ClNO4. The number of aryl methyl sites for hydroxylation is 2. The monoisotopic (exact) mass is 447 g/mol. The summed E-state index contributed by atoms with van der Waals surface area (Å²) >= 11 is 6.18. The first-order valence-electron chi connectivity index (χ1n) is 10.1. The van der Waals surface area contributed by atoms with Crippen molar-refractivity contribution in [2.45, 2.75) is 20.5 Å². The van der Waals surface area contributed by atoms with Crippen LogP contribution in [0.3, 0.4) is 0 Å². The summed E-state index contributed by atoms with van der Waals surface area (Å²) in [6.07, 6.45) is 1.65. The zero-order valence-corrected chi connectivity index (χ0v) is 18.8. The van der Waals surface area contributed by atoms with E-state index in [1.54, 1.807) is 25.3 Å². The maximum absolute atomic E-state index is 12.3. The molecule has 0 spiro atoms. The number of nitrogens with zero attached hydrogens (tertiary/aromatic N) is 1. The van der Waals surface area contributed by atoms with E-state index in [1.807, 2.05) is 62.4 Å². The highest BCUT2D eigenvalue weighted by Crippen LogP contribution is 2.30. The minimum absolute atomic E-state index is 0.201. The van der Waals surface area contributed by atoms with Crippen molar-refractivity contribution < 1.29 is 19.0 Å². The lowest BCUT2D eigenvalue weighted by Gasteiger charge is -2.11. The van der Waals surface area contributed by atoms with E-state index >= 15 is 0 Å². The van der Waals surface area contributed by atoms with Gasteiger partial charge in [0.1, 0.15) is 6.61 Å². The summed E-state index contributed by atoms with van der Waals surface area (Å²) in [5.41, 5.74) is 4.79. The van der Waals surface area contributed by atoms with Crippen molar-refractivity contribution in [3.63, 3.8) is 0 Å². The van der Waals surface area contributed by atoms with Crippen molar-refractivity contribution >= 4 is 29.5 Å². The van der Waals surface area contributed by atoms with E-state index in [-0.39, 0.29) is 11.6 Å². The summed E-state index contributed by atoms with van der Waals surface area (Å²) in [6.45, 7) is 4.38. The Hall–Kier alpha value is -3.57. The van der Waals surface area contributed by atoms with Crippen LogP contribution < -0.4 is 9.47 Å². The molecule has 0 saturated heterocycles. The summed E-state index contributed by atoms with van der Waals surface area (Å²) in [6, 6.07) is 19.0. The second-order valence-electron chi connectivity index (χ2n) is 7.48. The quantitative estimate of drug-likeness (QED) is 0.349. The number of benzene rings is 3. The normalized spacial score (nSPS) is 14.3. The fraction of sp³-hybridized carbons (Fsp3) is 0.154. The number of rotatable bonds is 6. The molecule has 0 unspecified atom stereocenters. The van der Waals surface area contributed by atoms with Crippen molar-refractivity contribution in [1.82, 2.24) is 0 Å². The molecule has 5 nitrogen and oxygen atoms in total. The number of aliphatic imine (C=N–C) groups is 1. The number of ether oxygens (including phenoxy) is 3. The smallest absolute Gasteiger partial charge is 0.363 e. The lowest BCUT2D eigenvalue weighted by Crippen LogP contribution is -2.05. The van der Waals surface area contributed by atoms with Crippen molar-refractivity contribution in [3.05, 3.63) is 99.2 Å². The molecule has 1 aliphatic heterocycles. The molecule has 0 radical (unpaired) electrons. The maximum Gasteiger partial charge on any atom is 0.363 e. The van der Waals surface area contributed by atoms with E-state index in [2.05, 4.69) is 4.99 Å². The van der Waals surface area contributed by atoms with Crippen LogP contribution in [-0.2, 0) is 16.1 Å². The molecule has 3 aromatic carbocycles. The number of hydrogen-bond acceptors (Lipinski definition) is 5. The average molecular weight is 448 g/mol. The van der Waals surface area contributed by atoms with Gasteiger partial charge in [-0.2, -0.15) is 0 Å². The van der Waals surface area contributed by atoms with Crippen LogP contribution in [0, 0.1) is 13.8 Å². The molecule has 6 heteroatoms. The number of methoxy groups -OCH3 is 1. The number of esters is 1. The Balaban J connectivity index is 1.54. The van der Waals surface area contributed by atoms with Gasteiger partial charge in [-0.1, -0.05) is 53.6 Å². The predicted octanol–water partition coefficient (Wildman–Crippen LogP) is 5.89. The first-order chi connectivity index (χ1) is 15.4. The molecule has 0 aromatic heterocycles.